The molecule has 2 atom stereocenters. The van der Waals surface area contributed by atoms with Crippen LogP contribution in [0.5, 0.6) is 0 Å². The fraction of sp³-hybridized carbons (Fsp3) is 0.545. The molecule has 0 saturated carbocycles. The minimum Gasteiger partial charge on any atom is -0.484 e. The van der Waals surface area contributed by atoms with Gasteiger partial charge in [0.15, 0.2) is 0 Å². The average molecular weight is 257 g/mol. The number of rotatable bonds is 3. The molecule has 1 amide bonds. The lowest BCUT2D eigenvalue weighted by Gasteiger charge is -2.29. The van der Waals surface area contributed by atoms with E-state index in [9.17, 15) is 14.4 Å². The summed E-state index contributed by atoms with van der Waals surface area (Å²) in [6, 6.07) is -0.528. The van der Waals surface area contributed by atoms with Crippen LogP contribution in [0.15, 0.2) is 11.8 Å². The lowest BCUT2D eigenvalue weighted by Crippen LogP contribution is -2.49. The maximum Gasteiger partial charge on any atom is 0.373 e. The van der Waals surface area contributed by atoms with Gasteiger partial charge in [-0.15, -0.1) is 0 Å². The monoisotopic (exact) mass is 257 g/mol. The van der Waals surface area contributed by atoms with Crippen LogP contribution in [0.2, 0.25) is 0 Å². The number of nitrogens with one attached hydrogen (secondary N) is 1. The van der Waals surface area contributed by atoms with Crippen LogP contribution in [0.25, 0.3) is 0 Å². The second-order valence-corrected chi connectivity index (χ2v) is 3.71. The second kappa shape index (κ2) is 6.04. The summed E-state index contributed by atoms with van der Waals surface area (Å²) in [6.45, 7) is 2.61. The van der Waals surface area contributed by atoms with Gasteiger partial charge in [-0.25, -0.2) is 4.79 Å². The molecule has 0 spiro atoms. The molecule has 0 aliphatic carbocycles. The largest absolute Gasteiger partial charge is 0.484 e. The minimum atomic E-state index is -0.755. The third kappa shape index (κ3) is 3.76. The number of methoxy groups -OCH3 is 1. The molecular weight excluding hydrogens is 242 g/mol. The van der Waals surface area contributed by atoms with Crippen molar-refractivity contribution in [2.24, 2.45) is 0 Å². The summed E-state index contributed by atoms with van der Waals surface area (Å²) in [5, 5.41) is 2.58. The van der Waals surface area contributed by atoms with Crippen LogP contribution in [0, 0.1) is 0 Å². The molecule has 7 heteroatoms. The van der Waals surface area contributed by atoms with Crippen LogP contribution < -0.4 is 5.32 Å². The normalized spacial score (nSPS) is 22.3. The van der Waals surface area contributed by atoms with E-state index in [2.05, 4.69) is 10.1 Å². The minimum absolute atomic E-state index is 0.0263. The summed E-state index contributed by atoms with van der Waals surface area (Å²) >= 11 is 0. The lowest BCUT2D eigenvalue weighted by atomic mass is 10.1. The predicted molar refractivity (Wildman–Crippen MR) is 59.2 cm³/mol. The molecule has 0 bridgehead atoms. The van der Waals surface area contributed by atoms with Crippen molar-refractivity contribution in [1.29, 1.82) is 0 Å². The highest BCUT2D eigenvalue weighted by Gasteiger charge is 2.31. The van der Waals surface area contributed by atoms with Crippen molar-refractivity contribution in [3.8, 4) is 0 Å². The molecule has 0 aromatic rings. The Morgan fingerprint density at radius 3 is 2.56 bits per heavy atom. The predicted octanol–water partition coefficient (Wildman–Crippen LogP) is -0.490. The van der Waals surface area contributed by atoms with Crippen LogP contribution >= 0.6 is 0 Å². The van der Waals surface area contributed by atoms with Gasteiger partial charge >= 0.3 is 11.9 Å². The Morgan fingerprint density at radius 2 is 2.06 bits per heavy atom. The van der Waals surface area contributed by atoms with E-state index >= 15 is 0 Å². The van der Waals surface area contributed by atoms with Crippen molar-refractivity contribution in [3.63, 3.8) is 0 Å². The molecule has 0 aromatic carbocycles. The van der Waals surface area contributed by atoms with E-state index in [-0.39, 0.29) is 18.3 Å². The zero-order valence-electron chi connectivity index (χ0n) is 10.4. The standard InChI is InChI=1S/C11H15NO6/c1-6(13)12-8-5-17-10(11(15)16-3)4-9(8)18-7(2)14/h4,8-9H,5H2,1-3H3,(H,12,13)/t8-,9-/m0/s1. The first-order valence-corrected chi connectivity index (χ1v) is 5.31. The highest BCUT2D eigenvalue weighted by molar-refractivity contribution is 5.86. The summed E-state index contributed by atoms with van der Waals surface area (Å²) in [4.78, 5) is 33.2. The van der Waals surface area contributed by atoms with Crippen LogP contribution in [0.1, 0.15) is 13.8 Å². The fourth-order valence-corrected chi connectivity index (χ4v) is 1.51. The quantitative estimate of drug-likeness (QED) is 0.686. The Kier molecular flexibility index (Phi) is 4.70. The molecule has 1 rings (SSSR count). The summed E-state index contributed by atoms with van der Waals surface area (Å²) in [5.74, 6) is -1.49. The molecule has 1 aliphatic rings. The van der Waals surface area contributed by atoms with Gasteiger partial charge in [-0.05, 0) is 0 Å². The third-order valence-corrected chi connectivity index (χ3v) is 2.21. The van der Waals surface area contributed by atoms with E-state index in [4.69, 9.17) is 9.47 Å². The number of carbonyl (C=O) groups excluding carboxylic acids is 3. The van der Waals surface area contributed by atoms with Gasteiger partial charge < -0.3 is 19.5 Å². The van der Waals surface area contributed by atoms with Crippen molar-refractivity contribution in [1.82, 2.24) is 5.32 Å². The van der Waals surface area contributed by atoms with Crippen molar-refractivity contribution >= 4 is 17.8 Å². The molecule has 100 valence electrons. The van der Waals surface area contributed by atoms with Gasteiger partial charge in [-0.1, -0.05) is 0 Å². The van der Waals surface area contributed by atoms with Gasteiger partial charge in [0.2, 0.25) is 11.7 Å². The maximum atomic E-state index is 11.3. The molecule has 0 saturated heterocycles. The summed E-state index contributed by atoms with van der Waals surface area (Å²) in [7, 11) is 1.22. The molecule has 7 nitrogen and oxygen atoms in total. The van der Waals surface area contributed by atoms with Gasteiger partial charge in [-0.3, -0.25) is 9.59 Å². The number of carbonyl (C=O) groups is 3. The van der Waals surface area contributed by atoms with Crippen LogP contribution in [0.4, 0.5) is 0 Å². The van der Waals surface area contributed by atoms with Gasteiger partial charge in [-0.2, -0.15) is 0 Å². The van der Waals surface area contributed by atoms with Crippen LogP contribution in [-0.2, 0) is 28.6 Å². The zero-order valence-corrected chi connectivity index (χ0v) is 10.4. The van der Waals surface area contributed by atoms with Crippen LogP contribution in [-0.4, -0.2) is 43.7 Å². The molecule has 0 aromatic heterocycles. The van der Waals surface area contributed by atoms with E-state index in [0.29, 0.717) is 0 Å². The molecular formula is C11H15NO6. The number of ether oxygens (including phenoxy) is 3. The van der Waals surface area contributed by atoms with Crippen molar-refractivity contribution in [2.75, 3.05) is 13.7 Å². The molecule has 0 fully saturated rings. The summed E-state index contributed by atoms with van der Waals surface area (Å²) < 4.78 is 14.6. The highest BCUT2D eigenvalue weighted by atomic mass is 16.6. The smallest absolute Gasteiger partial charge is 0.373 e. The van der Waals surface area contributed by atoms with Crippen LogP contribution in [0.3, 0.4) is 0 Å². The van der Waals surface area contributed by atoms with Gasteiger partial charge in [0.1, 0.15) is 18.8 Å². The second-order valence-electron chi connectivity index (χ2n) is 3.71. The van der Waals surface area contributed by atoms with E-state index < -0.39 is 24.1 Å². The lowest BCUT2D eigenvalue weighted by molar-refractivity contribution is -0.150. The molecule has 1 N–H and O–H groups in total. The maximum absolute atomic E-state index is 11.3. The number of esters is 2. The van der Waals surface area contributed by atoms with Crippen molar-refractivity contribution in [3.05, 3.63) is 11.8 Å². The van der Waals surface area contributed by atoms with Crippen molar-refractivity contribution < 1.29 is 28.6 Å². The molecule has 0 radical (unpaired) electrons. The average Bonchev–Trinajstić information content (AvgIpc) is 2.29. The zero-order chi connectivity index (χ0) is 13.7. The van der Waals surface area contributed by atoms with E-state index in [1.807, 2.05) is 0 Å². The van der Waals surface area contributed by atoms with E-state index in [1.54, 1.807) is 0 Å². The first kappa shape index (κ1) is 14.0. The number of amides is 1. The van der Waals surface area contributed by atoms with E-state index in [0.717, 1.165) is 0 Å². The molecule has 1 heterocycles. The van der Waals surface area contributed by atoms with Gasteiger partial charge in [0.05, 0.1) is 7.11 Å². The Hall–Kier alpha value is -2.05. The topological polar surface area (TPSA) is 90.9 Å². The Bertz CT molecular complexity index is 389. The number of hydrogen-bond donors (Lipinski definition) is 1. The Balaban J connectivity index is 2.85. The highest BCUT2D eigenvalue weighted by Crippen LogP contribution is 2.16. The van der Waals surface area contributed by atoms with Crippen molar-refractivity contribution in [2.45, 2.75) is 26.0 Å². The molecule has 0 unspecified atom stereocenters. The summed E-state index contributed by atoms with van der Waals surface area (Å²) in [6.07, 6.45) is 0.561. The fourth-order valence-electron chi connectivity index (χ4n) is 1.51. The number of hydrogen-bond acceptors (Lipinski definition) is 6. The van der Waals surface area contributed by atoms with E-state index in [1.165, 1.54) is 27.0 Å². The molecule has 18 heavy (non-hydrogen) atoms. The first-order valence-electron chi connectivity index (χ1n) is 5.31. The Labute approximate surface area is 104 Å². The van der Waals surface area contributed by atoms with Gasteiger partial charge in [0.25, 0.3) is 0 Å². The van der Waals surface area contributed by atoms with Gasteiger partial charge in [0, 0.05) is 19.9 Å². The SMILES string of the molecule is COC(=O)C1=C[C@H](OC(C)=O)[C@@H](NC(C)=O)CO1. The summed E-state index contributed by atoms with van der Waals surface area (Å²) in [5.41, 5.74) is 0. The Morgan fingerprint density at radius 1 is 1.39 bits per heavy atom. The molecule has 1 aliphatic heterocycles. The first-order chi connectivity index (χ1) is 8.43. The third-order valence-electron chi connectivity index (χ3n) is 2.21.